The molecule has 1 amide bonds. The van der Waals surface area contributed by atoms with Crippen molar-refractivity contribution in [1.29, 1.82) is 0 Å². The summed E-state index contributed by atoms with van der Waals surface area (Å²) in [5.74, 6) is 3.00. The van der Waals surface area contributed by atoms with Crippen molar-refractivity contribution in [2.75, 3.05) is 12.1 Å². The van der Waals surface area contributed by atoms with Crippen LogP contribution in [0.3, 0.4) is 0 Å². The lowest BCUT2D eigenvalue weighted by Crippen LogP contribution is -2.08. The van der Waals surface area contributed by atoms with E-state index in [1.807, 2.05) is 31.2 Å². The molecule has 0 atom stereocenters. The molecule has 1 aromatic carbocycles. The molecule has 0 aliphatic carbocycles. The standard InChI is InChI=1S/C18H15N3O4/c1-11-2-4-13(25-11)5-7-17(22)20-18-14(9-19-21-18)12-3-6-15-16(8-12)24-10-23-15/h2-9H,10H2,1H3,(H2,19,20,21,22)/b7-5-. The third-order valence-corrected chi connectivity index (χ3v) is 3.73. The van der Waals surface area contributed by atoms with Gasteiger partial charge in [-0.25, -0.2) is 0 Å². The molecule has 25 heavy (non-hydrogen) atoms. The van der Waals surface area contributed by atoms with Crippen LogP contribution in [0.2, 0.25) is 0 Å². The van der Waals surface area contributed by atoms with Crippen LogP contribution in [0.25, 0.3) is 17.2 Å². The third-order valence-electron chi connectivity index (χ3n) is 3.73. The second-order valence-corrected chi connectivity index (χ2v) is 5.50. The Morgan fingerprint density at radius 3 is 2.96 bits per heavy atom. The van der Waals surface area contributed by atoms with Gasteiger partial charge in [-0.2, -0.15) is 5.10 Å². The Kier molecular flexibility index (Phi) is 3.74. The first-order valence-corrected chi connectivity index (χ1v) is 7.68. The predicted molar refractivity (Wildman–Crippen MR) is 91.3 cm³/mol. The highest BCUT2D eigenvalue weighted by Gasteiger charge is 2.16. The van der Waals surface area contributed by atoms with Crippen molar-refractivity contribution in [3.8, 4) is 22.6 Å². The number of hydrogen-bond acceptors (Lipinski definition) is 5. The monoisotopic (exact) mass is 337 g/mol. The molecule has 126 valence electrons. The Morgan fingerprint density at radius 1 is 1.24 bits per heavy atom. The Bertz CT molecular complexity index is 955. The predicted octanol–water partition coefficient (Wildman–Crippen LogP) is 3.36. The summed E-state index contributed by atoms with van der Waals surface area (Å²) in [5, 5.41) is 9.58. The number of rotatable bonds is 4. The fraction of sp³-hybridized carbons (Fsp3) is 0.111. The molecule has 0 saturated carbocycles. The highest BCUT2D eigenvalue weighted by Crippen LogP contribution is 2.37. The number of H-pyrrole nitrogens is 1. The number of nitrogens with one attached hydrogen (secondary N) is 2. The molecule has 2 aromatic heterocycles. The van der Waals surface area contributed by atoms with Crippen molar-refractivity contribution < 1.29 is 18.7 Å². The lowest BCUT2D eigenvalue weighted by molar-refractivity contribution is -0.111. The van der Waals surface area contributed by atoms with Gasteiger partial charge in [-0.15, -0.1) is 0 Å². The molecule has 1 aliphatic rings. The maximum absolute atomic E-state index is 12.1. The summed E-state index contributed by atoms with van der Waals surface area (Å²) in [4.78, 5) is 12.1. The van der Waals surface area contributed by atoms with E-state index >= 15 is 0 Å². The number of anilines is 1. The highest BCUT2D eigenvalue weighted by atomic mass is 16.7. The van der Waals surface area contributed by atoms with Gasteiger partial charge in [0.2, 0.25) is 12.7 Å². The first-order chi connectivity index (χ1) is 12.2. The van der Waals surface area contributed by atoms with Crippen molar-refractivity contribution >= 4 is 17.8 Å². The van der Waals surface area contributed by atoms with Crippen LogP contribution >= 0.6 is 0 Å². The highest BCUT2D eigenvalue weighted by molar-refractivity contribution is 6.03. The number of aromatic nitrogens is 2. The molecule has 0 bridgehead atoms. The lowest BCUT2D eigenvalue weighted by Gasteiger charge is -2.05. The third kappa shape index (κ3) is 3.12. The van der Waals surface area contributed by atoms with Crippen LogP contribution in [0.5, 0.6) is 11.5 Å². The van der Waals surface area contributed by atoms with Crippen LogP contribution in [-0.4, -0.2) is 22.9 Å². The maximum Gasteiger partial charge on any atom is 0.249 e. The van der Waals surface area contributed by atoms with E-state index in [1.54, 1.807) is 18.3 Å². The number of hydrogen-bond donors (Lipinski definition) is 2. The van der Waals surface area contributed by atoms with Gasteiger partial charge in [0.05, 0.1) is 6.20 Å². The van der Waals surface area contributed by atoms with E-state index in [-0.39, 0.29) is 12.7 Å². The number of carbonyl (C=O) groups excluding carboxylic acids is 1. The summed E-state index contributed by atoms with van der Waals surface area (Å²) in [6.45, 7) is 2.06. The van der Waals surface area contributed by atoms with E-state index in [2.05, 4.69) is 15.5 Å². The van der Waals surface area contributed by atoms with Gasteiger partial charge in [0, 0.05) is 11.6 Å². The average molecular weight is 337 g/mol. The van der Waals surface area contributed by atoms with E-state index in [0.717, 1.165) is 16.9 Å². The van der Waals surface area contributed by atoms with Gasteiger partial charge < -0.3 is 19.2 Å². The van der Waals surface area contributed by atoms with E-state index in [1.165, 1.54) is 6.08 Å². The van der Waals surface area contributed by atoms with Crippen molar-refractivity contribution in [3.63, 3.8) is 0 Å². The fourth-order valence-electron chi connectivity index (χ4n) is 2.53. The van der Waals surface area contributed by atoms with Gasteiger partial charge in [-0.3, -0.25) is 9.89 Å². The number of carbonyl (C=O) groups is 1. The molecule has 4 rings (SSSR count). The van der Waals surface area contributed by atoms with Crippen LogP contribution in [0.15, 0.2) is 47.0 Å². The number of aryl methyl sites for hydroxylation is 1. The smallest absolute Gasteiger partial charge is 0.249 e. The SMILES string of the molecule is Cc1ccc(/C=C\C(=O)Nc2[nH]ncc2-c2ccc3c(c2)OCO3)o1. The summed E-state index contributed by atoms with van der Waals surface area (Å²) in [7, 11) is 0. The molecule has 1 aliphatic heterocycles. The van der Waals surface area contributed by atoms with Gasteiger partial charge >= 0.3 is 0 Å². The molecule has 0 unspecified atom stereocenters. The summed E-state index contributed by atoms with van der Waals surface area (Å²) >= 11 is 0. The number of nitrogens with zero attached hydrogens (tertiary/aromatic N) is 1. The van der Waals surface area contributed by atoms with Crippen molar-refractivity contribution in [2.24, 2.45) is 0 Å². The minimum Gasteiger partial charge on any atom is -0.462 e. The Balaban J connectivity index is 1.51. The van der Waals surface area contributed by atoms with E-state index in [0.29, 0.717) is 23.1 Å². The Labute approximate surface area is 143 Å². The van der Waals surface area contributed by atoms with Crippen LogP contribution in [0.1, 0.15) is 11.5 Å². The molecular formula is C18H15N3O4. The maximum atomic E-state index is 12.1. The molecule has 3 aromatic rings. The van der Waals surface area contributed by atoms with Crippen LogP contribution in [0.4, 0.5) is 5.82 Å². The topological polar surface area (TPSA) is 89.4 Å². The van der Waals surface area contributed by atoms with Gasteiger partial charge in [-0.05, 0) is 42.8 Å². The molecule has 2 N–H and O–H groups in total. The number of fused-ring (bicyclic) bond motifs is 1. The van der Waals surface area contributed by atoms with E-state index in [4.69, 9.17) is 13.9 Å². The zero-order valence-electron chi connectivity index (χ0n) is 13.4. The minimum absolute atomic E-state index is 0.213. The largest absolute Gasteiger partial charge is 0.462 e. The molecule has 0 radical (unpaired) electrons. The Morgan fingerprint density at radius 2 is 2.12 bits per heavy atom. The van der Waals surface area contributed by atoms with Crippen LogP contribution < -0.4 is 14.8 Å². The summed E-state index contributed by atoms with van der Waals surface area (Å²) in [6, 6.07) is 9.20. The molecular weight excluding hydrogens is 322 g/mol. The Hall–Kier alpha value is -3.48. The van der Waals surface area contributed by atoms with Crippen LogP contribution in [-0.2, 0) is 4.79 Å². The van der Waals surface area contributed by atoms with E-state index in [9.17, 15) is 4.79 Å². The lowest BCUT2D eigenvalue weighted by atomic mass is 10.1. The quantitative estimate of drug-likeness (QED) is 0.713. The molecule has 0 saturated heterocycles. The van der Waals surface area contributed by atoms with Crippen molar-refractivity contribution in [1.82, 2.24) is 10.2 Å². The minimum atomic E-state index is -0.291. The van der Waals surface area contributed by atoms with Gasteiger partial charge in [-0.1, -0.05) is 6.07 Å². The second kappa shape index (κ2) is 6.20. The summed E-state index contributed by atoms with van der Waals surface area (Å²) in [6.07, 6.45) is 4.66. The zero-order valence-corrected chi connectivity index (χ0v) is 13.4. The first-order valence-electron chi connectivity index (χ1n) is 7.68. The average Bonchev–Trinajstić information content (AvgIpc) is 3.32. The van der Waals surface area contributed by atoms with E-state index < -0.39 is 0 Å². The molecule has 7 heteroatoms. The second-order valence-electron chi connectivity index (χ2n) is 5.50. The molecule has 7 nitrogen and oxygen atoms in total. The van der Waals surface area contributed by atoms with Crippen molar-refractivity contribution in [2.45, 2.75) is 6.92 Å². The number of aromatic amines is 1. The van der Waals surface area contributed by atoms with Gasteiger partial charge in [0.25, 0.3) is 0 Å². The molecule has 3 heterocycles. The first kappa shape index (κ1) is 15.1. The van der Waals surface area contributed by atoms with Gasteiger partial charge in [0.1, 0.15) is 17.3 Å². The van der Waals surface area contributed by atoms with Crippen LogP contribution in [0, 0.1) is 6.92 Å². The normalized spacial score (nSPS) is 12.7. The van der Waals surface area contributed by atoms with Crippen molar-refractivity contribution in [3.05, 3.63) is 54.1 Å². The molecule has 0 spiro atoms. The number of ether oxygens (including phenoxy) is 2. The van der Waals surface area contributed by atoms with Gasteiger partial charge in [0.15, 0.2) is 11.5 Å². The number of furan rings is 1. The summed E-state index contributed by atoms with van der Waals surface area (Å²) < 4.78 is 16.1. The number of benzene rings is 1. The fourth-order valence-corrected chi connectivity index (χ4v) is 2.53. The number of amides is 1. The zero-order chi connectivity index (χ0) is 17.2. The summed E-state index contributed by atoms with van der Waals surface area (Å²) in [5.41, 5.74) is 1.62. The molecule has 0 fully saturated rings.